The molecule has 2 N–H and O–H groups in total. The Kier molecular flexibility index (Phi) is 5.62. The second-order valence-electron chi connectivity index (χ2n) is 6.17. The number of hydrogen-bond acceptors (Lipinski definition) is 2. The van der Waals surface area contributed by atoms with Crippen molar-refractivity contribution in [1.29, 1.82) is 0 Å². The van der Waals surface area contributed by atoms with Gasteiger partial charge in [0.15, 0.2) is 0 Å². The van der Waals surface area contributed by atoms with E-state index in [-0.39, 0.29) is 12.1 Å². The Bertz CT molecular complexity index is 443. The molecule has 0 aliphatic heterocycles. The lowest BCUT2D eigenvalue weighted by Gasteiger charge is -2.31. The molecule has 0 saturated heterocycles. The Morgan fingerprint density at radius 2 is 2.05 bits per heavy atom. The lowest BCUT2D eigenvalue weighted by molar-refractivity contribution is 0.140. The van der Waals surface area contributed by atoms with Gasteiger partial charge in [-0.05, 0) is 24.8 Å². The molecule has 2 rings (SSSR count). The Hall–Kier alpha value is -1.55. The number of rotatable bonds is 6. The number of urea groups is 1. The second kappa shape index (κ2) is 7.46. The molecule has 1 saturated carbocycles. The van der Waals surface area contributed by atoms with Crippen molar-refractivity contribution in [3.05, 3.63) is 35.9 Å². The molecule has 4 nitrogen and oxygen atoms in total. The zero-order valence-corrected chi connectivity index (χ0v) is 13.0. The first-order valence-corrected chi connectivity index (χ1v) is 7.81. The summed E-state index contributed by atoms with van der Waals surface area (Å²) in [6.45, 7) is 2.03. The predicted molar refractivity (Wildman–Crippen MR) is 84.0 cm³/mol. The number of aliphatic hydroxyl groups excluding tert-OH is 1. The molecule has 0 aromatic heterocycles. The minimum absolute atomic E-state index is 0.0560. The van der Waals surface area contributed by atoms with E-state index in [1.165, 1.54) is 19.3 Å². The molecule has 0 heterocycles. The molecule has 2 atom stereocenters. The summed E-state index contributed by atoms with van der Waals surface area (Å²) < 4.78 is 0. The number of amides is 2. The number of nitrogens with zero attached hydrogens (tertiary/aromatic N) is 1. The molecular weight excluding hydrogens is 264 g/mol. The van der Waals surface area contributed by atoms with Gasteiger partial charge in [0.05, 0.1) is 12.1 Å². The van der Waals surface area contributed by atoms with E-state index in [9.17, 15) is 9.90 Å². The molecule has 2 amide bonds. The second-order valence-corrected chi connectivity index (χ2v) is 6.17. The molecule has 0 spiro atoms. The van der Waals surface area contributed by atoms with Crippen molar-refractivity contribution in [1.82, 2.24) is 10.2 Å². The van der Waals surface area contributed by atoms with Crippen LogP contribution in [0.15, 0.2) is 30.3 Å². The number of benzene rings is 1. The minimum Gasteiger partial charge on any atom is -0.392 e. The molecular formula is C17H26N2O2. The van der Waals surface area contributed by atoms with Crippen LogP contribution in [0.25, 0.3) is 0 Å². The smallest absolute Gasteiger partial charge is 0.317 e. The lowest BCUT2D eigenvalue weighted by atomic mass is 9.79. The Morgan fingerprint density at radius 1 is 1.38 bits per heavy atom. The largest absolute Gasteiger partial charge is 0.392 e. The number of aliphatic hydroxyl groups is 1. The van der Waals surface area contributed by atoms with E-state index in [2.05, 4.69) is 17.4 Å². The highest BCUT2D eigenvalue weighted by molar-refractivity contribution is 5.74. The summed E-state index contributed by atoms with van der Waals surface area (Å²) in [6.07, 6.45) is 4.33. The summed E-state index contributed by atoms with van der Waals surface area (Å²) in [5.41, 5.74) is 1.16. The van der Waals surface area contributed by atoms with E-state index in [1.807, 2.05) is 18.2 Å². The maximum absolute atomic E-state index is 12.3. The van der Waals surface area contributed by atoms with Crippen LogP contribution in [0, 0.1) is 5.92 Å². The monoisotopic (exact) mass is 290 g/mol. The molecule has 4 heteroatoms. The summed E-state index contributed by atoms with van der Waals surface area (Å²) in [5.74, 6) is 0.720. The van der Waals surface area contributed by atoms with Crippen LogP contribution in [-0.4, -0.2) is 35.7 Å². The number of hydrogen-bond donors (Lipinski definition) is 2. The maximum atomic E-state index is 12.3. The summed E-state index contributed by atoms with van der Waals surface area (Å²) in [7, 11) is 1.72. The molecule has 0 radical (unpaired) electrons. The maximum Gasteiger partial charge on any atom is 0.317 e. The average molecular weight is 290 g/mol. The quantitative estimate of drug-likeness (QED) is 0.846. The number of carbonyl (C=O) groups is 1. The fourth-order valence-electron chi connectivity index (χ4n) is 2.76. The number of nitrogens with one attached hydrogen (secondary N) is 1. The third kappa shape index (κ3) is 4.74. The molecule has 21 heavy (non-hydrogen) atoms. The molecule has 1 fully saturated rings. The number of carbonyl (C=O) groups excluding carboxylic acids is 1. The Balaban J connectivity index is 1.99. The van der Waals surface area contributed by atoms with E-state index in [1.54, 1.807) is 18.9 Å². The zero-order valence-electron chi connectivity index (χ0n) is 13.0. The Morgan fingerprint density at radius 3 is 2.57 bits per heavy atom. The number of likely N-dealkylation sites (N-methyl/N-ethyl adjacent to an activating group) is 1. The predicted octanol–water partition coefficient (Wildman–Crippen LogP) is 2.94. The highest BCUT2D eigenvalue weighted by Gasteiger charge is 2.25. The standard InChI is InChI=1S/C17H26N2O2/c1-13(20)12-19(2)17(21)18-16(11-14-7-6-8-14)15-9-4-3-5-10-15/h3-5,9-10,13-14,16,20H,6-8,11-12H2,1-2H3,(H,18,21). The van der Waals surface area contributed by atoms with Crippen molar-refractivity contribution in [2.75, 3.05) is 13.6 Å². The Labute approximate surface area is 127 Å². The van der Waals surface area contributed by atoms with Gasteiger partial charge < -0.3 is 15.3 Å². The van der Waals surface area contributed by atoms with Crippen molar-refractivity contribution in [3.8, 4) is 0 Å². The van der Waals surface area contributed by atoms with Gasteiger partial charge in [-0.25, -0.2) is 4.79 Å². The van der Waals surface area contributed by atoms with Gasteiger partial charge in [-0.3, -0.25) is 0 Å². The van der Waals surface area contributed by atoms with Crippen molar-refractivity contribution in [3.63, 3.8) is 0 Å². The zero-order chi connectivity index (χ0) is 15.2. The van der Waals surface area contributed by atoms with Crippen LogP contribution in [-0.2, 0) is 0 Å². The first kappa shape index (κ1) is 15.8. The van der Waals surface area contributed by atoms with Gasteiger partial charge in [-0.15, -0.1) is 0 Å². The van der Waals surface area contributed by atoms with E-state index < -0.39 is 6.10 Å². The van der Waals surface area contributed by atoms with Gasteiger partial charge in [0, 0.05) is 13.6 Å². The molecule has 1 aliphatic carbocycles. The molecule has 1 aromatic rings. The molecule has 0 bridgehead atoms. The third-order valence-corrected chi connectivity index (χ3v) is 4.18. The van der Waals surface area contributed by atoms with Crippen molar-refractivity contribution < 1.29 is 9.90 Å². The van der Waals surface area contributed by atoms with Crippen LogP contribution >= 0.6 is 0 Å². The van der Waals surface area contributed by atoms with E-state index in [0.717, 1.165) is 17.9 Å². The van der Waals surface area contributed by atoms with Crippen molar-refractivity contribution in [2.45, 2.75) is 44.8 Å². The van der Waals surface area contributed by atoms with E-state index >= 15 is 0 Å². The molecule has 1 aromatic carbocycles. The van der Waals surface area contributed by atoms with Crippen LogP contribution in [0.3, 0.4) is 0 Å². The minimum atomic E-state index is -0.512. The fourth-order valence-corrected chi connectivity index (χ4v) is 2.76. The van der Waals surface area contributed by atoms with Crippen LogP contribution in [0.1, 0.15) is 44.2 Å². The van der Waals surface area contributed by atoms with E-state index in [4.69, 9.17) is 0 Å². The summed E-state index contributed by atoms with van der Waals surface area (Å²) in [6, 6.07) is 10.1. The topological polar surface area (TPSA) is 52.6 Å². The van der Waals surface area contributed by atoms with Gasteiger partial charge in [0.2, 0.25) is 0 Å². The van der Waals surface area contributed by atoms with E-state index in [0.29, 0.717) is 6.54 Å². The van der Waals surface area contributed by atoms with Gasteiger partial charge in [0.1, 0.15) is 0 Å². The fraction of sp³-hybridized carbons (Fsp3) is 0.588. The first-order chi connectivity index (χ1) is 10.1. The lowest BCUT2D eigenvalue weighted by Crippen LogP contribution is -2.42. The third-order valence-electron chi connectivity index (χ3n) is 4.18. The van der Waals surface area contributed by atoms with Crippen LogP contribution < -0.4 is 5.32 Å². The van der Waals surface area contributed by atoms with Crippen LogP contribution in [0.4, 0.5) is 4.79 Å². The summed E-state index contributed by atoms with van der Waals surface area (Å²) >= 11 is 0. The molecule has 1 aliphatic rings. The van der Waals surface area contributed by atoms with Crippen LogP contribution in [0.5, 0.6) is 0 Å². The SMILES string of the molecule is CC(O)CN(C)C(=O)NC(CC1CCC1)c1ccccc1. The van der Waals surface area contributed by atoms with Gasteiger partial charge in [0.25, 0.3) is 0 Å². The summed E-state index contributed by atoms with van der Waals surface area (Å²) in [4.78, 5) is 13.8. The average Bonchev–Trinajstić information content (AvgIpc) is 2.41. The molecule has 2 unspecified atom stereocenters. The van der Waals surface area contributed by atoms with Gasteiger partial charge in [-0.2, -0.15) is 0 Å². The van der Waals surface area contributed by atoms with Gasteiger partial charge in [-0.1, -0.05) is 49.6 Å². The summed E-state index contributed by atoms with van der Waals surface area (Å²) in [5, 5.41) is 12.5. The first-order valence-electron chi connectivity index (χ1n) is 7.81. The normalized spacial score (nSPS) is 17.7. The van der Waals surface area contributed by atoms with Crippen molar-refractivity contribution in [2.24, 2.45) is 5.92 Å². The highest BCUT2D eigenvalue weighted by Crippen LogP contribution is 2.34. The van der Waals surface area contributed by atoms with Gasteiger partial charge >= 0.3 is 6.03 Å². The molecule has 116 valence electrons. The van der Waals surface area contributed by atoms with Crippen molar-refractivity contribution >= 4 is 6.03 Å². The highest BCUT2D eigenvalue weighted by atomic mass is 16.3. The van der Waals surface area contributed by atoms with Crippen LogP contribution in [0.2, 0.25) is 0 Å².